The molecule has 0 fully saturated rings. The number of aryl methyl sites for hydroxylation is 2. The van der Waals surface area contributed by atoms with Crippen molar-refractivity contribution >= 4 is 23.3 Å². The molecule has 0 bridgehead atoms. The normalized spacial score (nSPS) is 19.5. The molecule has 7 nitrogen and oxygen atoms in total. The third-order valence-corrected chi connectivity index (χ3v) is 3.77. The minimum Gasteiger partial charge on any atom is -0.466 e. The fourth-order valence-electron chi connectivity index (χ4n) is 2.33. The van der Waals surface area contributed by atoms with E-state index in [1.807, 2.05) is 19.9 Å². The monoisotopic (exact) mass is 314 g/mol. The number of fused-ring (bicyclic) bond motifs is 1. The van der Waals surface area contributed by atoms with Gasteiger partial charge in [0.2, 0.25) is 0 Å². The summed E-state index contributed by atoms with van der Waals surface area (Å²) in [5.41, 5.74) is -0.0977. The smallest absolute Gasteiger partial charge is 0.279 e. The lowest BCUT2D eigenvalue weighted by Crippen LogP contribution is -2.56. The summed E-state index contributed by atoms with van der Waals surface area (Å²) in [5, 5.41) is 9.52. The number of hydrogen-bond donors (Lipinski definition) is 2. The van der Waals surface area contributed by atoms with Crippen LogP contribution in [0, 0.1) is 6.92 Å². The van der Waals surface area contributed by atoms with Crippen molar-refractivity contribution in [1.29, 1.82) is 0 Å². The van der Waals surface area contributed by atoms with Gasteiger partial charge < -0.3 is 15.4 Å². The third-order valence-electron chi connectivity index (χ3n) is 3.77. The Morgan fingerprint density at radius 1 is 1.43 bits per heavy atom. The van der Waals surface area contributed by atoms with E-state index in [1.165, 1.54) is 6.92 Å². The average molecular weight is 314 g/mol. The third kappa shape index (κ3) is 2.65. The van der Waals surface area contributed by atoms with Gasteiger partial charge in [-0.3, -0.25) is 14.3 Å². The number of benzene rings is 1. The standard InChI is InChI=1S/C16H18N4O3/c1-4-20-8-7-13(19-20)18-15(22)16(3)14(21)17-11-9-10(2)5-6-12(11)23-16/h5-9H,4H2,1-3H3,(H,17,21)(H,18,19,22). The van der Waals surface area contributed by atoms with Gasteiger partial charge in [-0.1, -0.05) is 6.07 Å². The van der Waals surface area contributed by atoms with Crippen molar-refractivity contribution < 1.29 is 14.3 Å². The van der Waals surface area contributed by atoms with Crippen LogP contribution in [0.5, 0.6) is 5.75 Å². The minimum absolute atomic E-state index is 0.379. The quantitative estimate of drug-likeness (QED) is 0.848. The van der Waals surface area contributed by atoms with Crippen LogP contribution in [-0.4, -0.2) is 27.2 Å². The number of nitrogens with one attached hydrogen (secondary N) is 2. The Balaban J connectivity index is 1.84. The van der Waals surface area contributed by atoms with Crippen molar-refractivity contribution in [1.82, 2.24) is 9.78 Å². The Morgan fingerprint density at radius 3 is 2.91 bits per heavy atom. The fourth-order valence-corrected chi connectivity index (χ4v) is 2.33. The first kappa shape index (κ1) is 15.1. The molecule has 0 aliphatic carbocycles. The van der Waals surface area contributed by atoms with Crippen LogP contribution in [-0.2, 0) is 16.1 Å². The van der Waals surface area contributed by atoms with Gasteiger partial charge in [0.25, 0.3) is 17.4 Å². The number of rotatable bonds is 3. The van der Waals surface area contributed by atoms with E-state index < -0.39 is 17.4 Å². The molecule has 0 saturated heterocycles. The van der Waals surface area contributed by atoms with Crippen LogP contribution >= 0.6 is 0 Å². The highest BCUT2D eigenvalue weighted by molar-refractivity contribution is 6.18. The maximum atomic E-state index is 12.5. The van der Waals surface area contributed by atoms with Gasteiger partial charge in [0.15, 0.2) is 5.82 Å². The molecule has 1 unspecified atom stereocenters. The van der Waals surface area contributed by atoms with Gasteiger partial charge in [-0.25, -0.2) is 0 Å². The number of amides is 2. The molecule has 120 valence electrons. The van der Waals surface area contributed by atoms with Crippen molar-refractivity contribution in [3.63, 3.8) is 0 Å². The molecule has 2 amide bonds. The largest absolute Gasteiger partial charge is 0.466 e. The summed E-state index contributed by atoms with van der Waals surface area (Å²) in [6, 6.07) is 7.06. The maximum Gasteiger partial charge on any atom is 0.279 e. The zero-order valence-electron chi connectivity index (χ0n) is 13.2. The fraction of sp³-hybridized carbons (Fsp3) is 0.312. The lowest BCUT2D eigenvalue weighted by molar-refractivity contribution is -0.143. The molecule has 2 heterocycles. The van der Waals surface area contributed by atoms with Crippen molar-refractivity contribution in [2.75, 3.05) is 10.6 Å². The zero-order chi connectivity index (χ0) is 16.6. The van der Waals surface area contributed by atoms with Gasteiger partial charge in [-0.05, 0) is 38.5 Å². The number of carbonyl (C=O) groups excluding carboxylic acids is 2. The van der Waals surface area contributed by atoms with Gasteiger partial charge in [-0.15, -0.1) is 0 Å². The minimum atomic E-state index is -1.65. The van der Waals surface area contributed by atoms with Crippen LogP contribution in [0.3, 0.4) is 0 Å². The first-order valence-electron chi connectivity index (χ1n) is 7.38. The average Bonchev–Trinajstić information content (AvgIpc) is 2.96. The molecule has 23 heavy (non-hydrogen) atoms. The SMILES string of the molecule is CCn1ccc(NC(=O)C2(C)Oc3ccc(C)cc3NC2=O)n1. The lowest BCUT2D eigenvalue weighted by Gasteiger charge is -2.33. The van der Waals surface area contributed by atoms with Crippen LogP contribution in [0.4, 0.5) is 11.5 Å². The highest BCUT2D eigenvalue weighted by Gasteiger charge is 2.47. The second kappa shape index (κ2) is 5.42. The van der Waals surface area contributed by atoms with Gasteiger partial charge >= 0.3 is 0 Å². The number of ether oxygens (including phenoxy) is 1. The summed E-state index contributed by atoms with van der Waals surface area (Å²) < 4.78 is 7.37. The Kier molecular flexibility index (Phi) is 3.55. The van der Waals surface area contributed by atoms with E-state index in [-0.39, 0.29) is 0 Å². The highest BCUT2D eigenvalue weighted by atomic mass is 16.5. The van der Waals surface area contributed by atoms with Crippen LogP contribution in [0.2, 0.25) is 0 Å². The summed E-state index contributed by atoms with van der Waals surface area (Å²) in [7, 11) is 0. The number of nitrogens with zero attached hydrogens (tertiary/aromatic N) is 2. The molecule has 1 aliphatic heterocycles. The van der Waals surface area contributed by atoms with Crippen LogP contribution in [0.15, 0.2) is 30.5 Å². The van der Waals surface area contributed by atoms with E-state index in [2.05, 4.69) is 15.7 Å². The molecule has 2 aromatic rings. The lowest BCUT2D eigenvalue weighted by atomic mass is 10.0. The van der Waals surface area contributed by atoms with E-state index in [1.54, 1.807) is 29.1 Å². The number of carbonyl (C=O) groups is 2. The van der Waals surface area contributed by atoms with Gasteiger partial charge in [0.1, 0.15) is 5.75 Å². The summed E-state index contributed by atoms with van der Waals surface area (Å²) in [4.78, 5) is 24.9. The Hall–Kier alpha value is -2.83. The molecular weight excluding hydrogens is 296 g/mol. The molecule has 1 aromatic carbocycles. The second-order valence-corrected chi connectivity index (χ2v) is 5.60. The van der Waals surface area contributed by atoms with Crippen LogP contribution < -0.4 is 15.4 Å². The van der Waals surface area contributed by atoms with Crippen LogP contribution in [0.1, 0.15) is 19.4 Å². The van der Waals surface area contributed by atoms with Gasteiger partial charge in [-0.2, -0.15) is 5.10 Å². The number of hydrogen-bond acceptors (Lipinski definition) is 4. The summed E-state index contributed by atoms with van der Waals surface area (Å²) in [6.45, 7) is 5.99. The Morgan fingerprint density at radius 2 is 2.22 bits per heavy atom. The van der Waals surface area contributed by atoms with Crippen molar-refractivity contribution in [3.05, 3.63) is 36.0 Å². The van der Waals surface area contributed by atoms with Crippen molar-refractivity contribution in [2.45, 2.75) is 32.9 Å². The zero-order valence-corrected chi connectivity index (χ0v) is 13.2. The molecule has 3 rings (SSSR count). The molecule has 7 heteroatoms. The predicted octanol–water partition coefficient (Wildman–Crippen LogP) is 1.94. The summed E-state index contributed by atoms with van der Waals surface area (Å²) >= 11 is 0. The molecule has 1 atom stereocenters. The maximum absolute atomic E-state index is 12.5. The van der Waals surface area contributed by atoms with E-state index in [0.29, 0.717) is 23.8 Å². The van der Waals surface area contributed by atoms with Crippen molar-refractivity contribution in [2.24, 2.45) is 0 Å². The van der Waals surface area contributed by atoms with Crippen LogP contribution in [0.25, 0.3) is 0 Å². The molecular formula is C16H18N4O3. The summed E-state index contributed by atoms with van der Waals surface area (Å²) in [6.07, 6.45) is 1.75. The number of aromatic nitrogens is 2. The van der Waals surface area contributed by atoms with Gasteiger partial charge in [0, 0.05) is 18.8 Å². The second-order valence-electron chi connectivity index (χ2n) is 5.60. The van der Waals surface area contributed by atoms with E-state index in [4.69, 9.17) is 4.74 Å². The van der Waals surface area contributed by atoms with Gasteiger partial charge in [0.05, 0.1) is 5.69 Å². The highest BCUT2D eigenvalue weighted by Crippen LogP contribution is 2.34. The Labute approximate surface area is 133 Å². The topological polar surface area (TPSA) is 85.3 Å². The summed E-state index contributed by atoms with van der Waals surface area (Å²) in [5.74, 6) is -0.235. The molecule has 1 aromatic heterocycles. The Bertz CT molecular complexity index is 783. The molecule has 1 aliphatic rings. The first-order valence-corrected chi connectivity index (χ1v) is 7.38. The van der Waals surface area contributed by atoms with E-state index in [9.17, 15) is 9.59 Å². The first-order chi connectivity index (χ1) is 10.9. The van der Waals surface area contributed by atoms with Crippen molar-refractivity contribution in [3.8, 4) is 5.75 Å². The molecule has 0 saturated carbocycles. The van der Waals surface area contributed by atoms with E-state index >= 15 is 0 Å². The molecule has 2 N–H and O–H groups in total. The molecule has 0 spiro atoms. The molecule has 0 radical (unpaired) electrons. The predicted molar refractivity (Wildman–Crippen MR) is 85.4 cm³/mol. The number of anilines is 2. The van der Waals surface area contributed by atoms with E-state index in [0.717, 1.165) is 5.56 Å².